The third kappa shape index (κ3) is 1.39. The molecule has 2 heterocycles. The summed E-state index contributed by atoms with van der Waals surface area (Å²) in [5, 5.41) is 2.51. The molecule has 0 spiro atoms. The second-order valence-electron chi connectivity index (χ2n) is 5.67. The molecular weight excluding hydrogens is 234 g/mol. The van der Waals surface area contributed by atoms with Crippen LogP contribution in [0.3, 0.4) is 0 Å². The number of benzene rings is 1. The molecule has 1 saturated carbocycles. The van der Waals surface area contributed by atoms with Gasteiger partial charge in [0.2, 0.25) is 0 Å². The number of hydrogen-bond acceptors (Lipinski definition) is 2. The lowest BCUT2D eigenvalue weighted by Crippen LogP contribution is -2.19. The Morgan fingerprint density at radius 3 is 2.79 bits per heavy atom. The first-order valence-electron chi connectivity index (χ1n) is 6.78. The molecule has 2 N–H and O–H groups in total. The number of aryl methyl sites for hydroxylation is 1. The van der Waals surface area contributed by atoms with Gasteiger partial charge in [-0.2, -0.15) is 0 Å². The van der Waals surface area contributed by atoms with E-state index >= 15 is 0 Å². The summed E-state index contributed by atoms with van der Waals surface area (Å²) in [7, 11) is 2.12. The highest BCUT2D eigenvalue weighted by Gasteiger charge is 2.42. The molecule has 0 unspecified atom stereocenters. The van der Waals surface area contributed by atoms with Crippen molar-refractivity contribution in [3.63, 3.8) is 0 Å². The summed E-state index contributed by atoms with van der Waals surface area (Å²) < 4.78 is 2.25. The molecule has 1 aliphatic carbocycles. The smallest absolute Gasteiger partial charge is 0.0519 e. The van der Waals surface area contributed by atoms with Crippen LogP contribution in [0.5, 0.6) is 0 Å². The predicted molar refractivity (Wildman–Crippen MR) is 78.2 cm³/mol. The fourth-order valence-corrected chi connectivity index (χ4v) is 3.15. The van der Waals surface area contributed by atoms with E-state index in [0.29, 0.717) is 0 Å². The van der Waals surface area contributed by atoms with Gasteiger partial charge in [0.05, 0.1) is 5.52 Å². The van der Waals surface area contributed by atoms with E-state index in [4.69, 9.17) is 5.73 Å². The van der Waals surface area contributed by atoms with E-state index in [2.05, 4.69) is 40.9 Å². The summed E-state index contributed by atoms with van der Waals surface area (Å²) in [4.78, 5) is 4.24. The Kier molecular flexibility index (Phi) is 2.07. The van der Waals surface area contributed by atoms with E-state index < -0.39 is 0 Å². The van der Waals surface area contributed by atoms with Crippen molar-refractivity contribution in [2.45, 2.75) is 18.3 Å². The van der Waals surface area contributed by atoms with Crippen molar-refractivity contribution >= 4 is 21.8 Å². The van der Waals surface area contributed by atoms with Crippen LogP contribution in [0, 0.1) is 0 Å². The van der Waals surface area contributed by atoms with Gasteiger partial charge in [-0.1, -0.05) is 12.1 Å². The maximum Gasteiger partial charge on any atom is 0.0519 e. The van der Waals surface area contributed by atoms with E-state index in [1.165, 1.54) is 40.2 Å². The van der Waals surface area contributed by atoms with Gasteiger partial charge < -0.3 is 10.3 Å². The molecule has 1 aromatic carbocycles. The van der Waals surface area contributed by atoms with Gasteiger partial charge in [0.25, 0.3) is 0 Å². The quantitative estimate of drug-likeness (QED) is 0.761. The van der Waals surface area contributed by atoms with Gasteiger partial charge in [0, 0.05) is 47.7 Å². The minimum Gasteiger partial charge on any atom is -0.344 e. The molecule has 0 aliphatic heterocycles. The van der Waals surface area contributed by atoms with Gasteiger partial charge >= 0.3 is 0 Å². The minimum absolute atomic E-state index is 0.253. The van der Waals surface area contributed by atoms with Crippen LogP contribution in [-0.2, 0) is 12.5 Å². The fraction of sp³-hybridized carbons (Fsp3) is 0.312. The van der Waals surface area contributed by atoms with Crippen molar-refractivity contribution < 1.29 is 0 Å². The summed E-state index contributed by atoms with van der Waals surface area (Å²) in [6.45, 7) is 0.754. The maximum absolute atomic E-state index is 5.94. The molecule has 3 aromatic rings. The van der Waals surface area contributed by atoms with Gasteiger partial charge in [-0.15, -0.1) is 0 Å². The van der Waals surface area contributed by atoms with Crippen molar-refractivity contribution in [1.29, 1.82) is 0 Å². The number of pyridine rings is 1. The Hall–Kier alpha value is -1.87. The molecule has 2 aromatic heterocycles. The minimum atomic E-state index is 0.253. The molecule has 0 saturated heterocycles. The SMILES string of the molecule is Cn1c2ccncc2c2ccc(C3(CN)CC3)cc21. The molecule has 0 radical (unpaired) electrons. The molecule has 3 heteroatoms. The molecule has 19 heavy (non-hydrogen) atoms. The summed E-state index contributed by atoms with van der Waals surface area (Å²) >= 11 is 0. The van der Waals surface area contributed by atoms with Crippen LogP contribution in [0.2, 0.25) is 0 Å². The van der Waals surface area contributed by atoms with Crippen molar-refractivity contribution in [3.8, 4) is 0 Å². The Morgan fingerprint density at radius 2 is 2.05 bits per heavy atom. The predicted octanol–water partition coefficient (Wildman–Crippen LogP) is 2.72. The van der Waals surface area contributed by atoms with Crippen molar-refractivity contribution in [2.24, 2.45) is 12.8 Å². The van der Waals surface area contributed by atoms with Gasteiger partial charge in [-0.05, 0) is 30.5 Å². The first-order chi connectivity index (χ1) is 9.25. The van der Waals surface area contributed by atoms with Crippen LogP contribution in [0.1, 0.15) is 18.4 Å². The Balaban J connectivity index is 2.04. The van der Waals surface area contributed by atoms with Gasteiger partial charge in [-0.3, -0.25) is 4.98 Å². The zero-order valence-corrected chi connectivity index (χ0v) is 11.1. The second-order valence-corrected chi connectivity index (χ2v) is 5.67. The molecule has 0 atom stereocenters. The van der Waals surface area contributed by atoms with Crippen LogP contribution in [0.15, 0.2) is 36.7 Å². The molecule has 4 rings (SSSR count). The average Bonchev–Trinajstić information content (AvgIpc) is 3.22. The van der Waals surface area contributed by atoms with Crippen LogP contribution in [0.25, 0.3) is 21.8 Å². The lowest BCUT2D eigenvalue weighted by molar-refractivity contribution is 0.705. The molecule has 96 valence electrons. The zero-order valence-electron chi connectivity index (χ0n) is 11.1. The topological polar surface area (TPSA) is 43.8 Å². The monoisotopic (exact) mass is 251 g/mol. The average molecular weight is 251 g/mol. The third-order valence-corrected chi connectivity index (χ3v) is 4.67. The van der Waals surface area contributed by atoms with Crippen LogP contribution >= 0.6 is 0 Å². The normalized spacial score (nSPS) is 17.2. The standard InChI is InChI=1S/C16H17N3/c1-19-14-4-7-18-9-13(14)12-3-2-11(8-15(12)19)16(10-17)5-6-16/h2-4,7-9H,5-6,10,17H2,1H3. The van der Waals surface area contributed by atoms with Crippen LogP contribution in [-0.4, -0.2) is 16.1 Å². The number of nitrogens with zero attached hydrogens (tertiary/aromatic N) is 2. The first-order valence-corrected chi connectivity index (χ1v) is 6.78. The van der Waals surface area contributed by atoms with Gasteiger partial charge in [0.15, 0.2) is 0 Å². The molecule has 0 amide bonds. The first kappa shape index (κ1) is 11.0. The Labute approximate surface area is 112 Å². The molecule has 1 fully saturated rings. The molecule has 0 bridgehead atoms. The van der Waals surface area contributed by atoms with Crippen LogP contribution in [0.4, 0.5) is 0 Å². The van der Waals surface area contributed by atoms with E-state index in [1.807, 2.05) is 12.4 Å². The van der Waals surface area contributed by atoms with E-state index in [9.17, 15) is 0 Å². The fourth-order valence-electron chi connectivity index (χ4n) is 3.15. The van der Waals surface area contributed by atoms with Crippen molar-refractivity contribution in [2.75, 3.05) is 6.54 Å². The highest BCUT2D eigenvalue weighted by molar-refractivity contribution is 6.07. The van der Waals surface area contributed by atoms with Crippen LogP contribution < -0.4 is 5.73 Å². The number of aromatic nitrogens is 2. The molecular formula is C16H17N3. The number of fused-ring (bicyclic) bond motifs is 3. The lowest BCUT2D eigenvalue weighted by atomic mass is 9.95. The Morgan fingerprint density at radius 1 is 1.21 bits per heavy atom. The van der Waals surface area contributed by atoms with Gasteiger partial charge in [-0.25, -0.2) is 0 Å². The highest BCUT2D eigenvalue weighted by atomic mass is 14.9. The molecule has 3 nitrogen and oxygen atoms in total. The maximum atomic E-state index is 5.94. The zero-order chi connectivity index (χ0) is 13.0. The van der Waals surface area contributed by atoms with E-state index in [0.717, 1.165) is 6.54 Å². The summed E-state index contributed by atoms with van der Waals surface area (Å²) in [5.74, 6) is 0. The number of hydrogen-bond donors (Lipinski definition) is 1. The van der Waals surface area contributed by atoms with E-state index in [1.54, 1.807) is 0 Å². The van der Waals surface area contributed by atoms with E-state index in [-0.39, 0.29) is 5.41 Å². The van der Waals surface area contributed by atoms with Crippen molar-refractivity contribution in [3.05, 3.63) is 42.2 Å². The second kappa shape index (κ2) is 3.58. The highest BCUT2D eigenvalue weighted by Crippen LogP contribution is 2.48. The lowest BCUT2D eigenvalue weighted by Gasteiger charge is -2.13. The number of rotatable bonds is 2. The van der Waals surface area contributed by atoms with Gasteiger partial charge in [0.1, 0.15) is 0 Å². The summed E-state index contributed by atoms with van der Waals surface area (Å²) in [5.41, 5.74) is 10.1. The Bertz CT molecular complexity index is 781. The number of nitrogens with two attached hydrogens (primary N) is 1. The third-order valence-electron chi connectivity index (χ3n) is 4.67. The summed E-state index contributed by atoms with van der Waals surface area (Å²) in [6, 6.07) is 8.86. The van der Waals surface area contributed by atoms with Crippen molar-refractivity contribution in [1.82, 2.24) is 9.55 Å². The largest absolute Gasteiger partial charge is 0.344 e. The summed E-state index contributed by atoms with van der Waals surface area (Å²) in [6.07, 6.45) is 6.25. The molecule has 1 aliphatic rings.